The lowest BCUT2D eigenvalue weighted by molar-refractivity contribution is -0.388. The van der Waals surface area contributed by atoms with Crippen LogP contribution in [0.4, 0.5) is 0 Å². The fourth-order valence-electron chi connectivity index (χ4n) is 6.95. The van der Waals surface area contributed by atoms with Crippen LogP contribution in [0.1, 0.15) is 84.0 Å². The minimum atomic E-state index is -1.07. The molecule has 0 spiro atoms. The summed E-state index contributed by atoms with van der Waals surface area (Å²) in [6.07, 6.45) is 6.27. The molecule has 48 heavy (non-hydrogen) atoms. The number of benzene rings is 6. The van der Waals surface area contributed by atoms with Crippen LogP contribution in [0.15, 0.2) is 170 Å². The quantitative estimate of drug-likeness (QED) is 0.0638. The van der Waals surface area contributed by atoms with E-state index in [0.29, 0.717) is 0 Å². The van der Waals surface area contributed by atoms with Crippen LogP contribution in [0, 0.1) is 0 Å². The molecule has 0 N–H and O–H groups in total. The Hall–Kier alpha value is -4.76. The molecule has 2 heteroatoms. The van der Waals surface area contributed by atoms with Gasteiger partial charge in [-0.05, 0) is 70.2 Å². The van der Waals surface area contributed by atoms with Gasteiger partial charge in [0.15, 0.2) is 11.2 Å². The Morgan fingerprint density at radius 3 is 0.917 bits per heavy atom. The summed E-state index contributed by atoms with van der Waals surface area (Å²) in [4.78, 5) is 14.8. The lowest BCUT2D eigenvalue weighted by Gasteiger charge is -2.41. The highest BCUT2D eigenvalue weighted by Crippen LogP contribution is 2.48. The first-order valence-corrected chi connectivity index (χ1v) is 17.5. The van der Waals surface area contributed by atoms with Crippen molar-refractivity contribution < 1.29 is 9.78 Å². The van der Waals surface area contributed by atoms with Gasteiger partial charge in [-0.2, -0.15) is 0 Å². The van der Waals surface area contributed by atoms with Gasteiger partial charge in [0.25, 0.3) is 0 Å². The van der Waals surface area contributed by atoms with Crippen molar-refractivity contribution in [2.24, 2.45) is 0 Å². The van der Waals surface area contributed by atoms with Gasteiger partial charge in [0.05, 0.1) is 0 Å². The normalized spacial score (nSPS) is 11.8. The number of aryl methyl sites for hydroxylation is 2. The minimum Gasteiger partial charge on any atom is -0.214 e. The Morgan fingerprint density at radius 2 is 0.625 bits per heavy atom. The largest absolute Gasteiger partial charge is 0.214 e. The second-order valence-corrected chi connectivity index (χ2v) is 12.5. The predicted molar refractivity (Wildman–Crippen MR) is 198 cm³/mol. The fourth-order valence-corrected chi connectivity index (χ4v) is 6.95. The van der Waals surface area contributed by atoms with Gasteiger partial charge in [-0.25, -0.2) is 9.78 Å². The lowest BCUT2D eigenvalue weighted by atomic mass is 9.77. The van der Waals surface area contributed by atoms with E-state index >= 15 is 0 Å². The van der Waals surface area contributed by atoms with Gasteiger partial charge in [-0.15, -0.1) is 0 Å². The van der Waals surface area contributed by atoms with E-state index in [1.165, 1.54) is 11.1 Å². The maximum absolute atomic E-state index is 7.40. The van der Waals surface area contributed by atoms with E-state index in [1.807, 2.05) is 0 Å². The van der Waals surface area contributed by atoms with Crippen LogP contribution in [-0.2, 0) is 33.8 Å². The molecular weight excluding hydrogens is 585 g/mol. The van der Waals surface area contributed by atoms with Gasteiger partial charge in [0.2, 0.25) is 0 Å². The Morgan fingerprint density at radius 1 is 0.354 bits per heavy atom. The number of rotatable bonds is 15. The van der Waals surface area contributed by atoms with Crippen LogP contribution < -0.4 is 0 Å². The zero-order valence-corrected chi connectivity index (χ0v) is 28.2. The highest BCUT2D eigenvalue weighted by Gasteiger charge is 2.47. The minimum absolute atomic E-state index is 0.944. The van der Waals surface area contributed by atoms with Gasteiger partial charge < -0.3 is 0 Å². The van der Waals surface area contributed by atoms with Crippen LogP contribution in [0.5, 0.6) is 0 Å². The molecular formula is C46H46O2. The van der Waals surface area contributed by atoms with Crippen LogP contribution in [0.2, 0.25) is 0 Å². The Kier molecular flexibility index (Phi) is 11.0. The molecule has 0 saturated carbocycles. The van der Waals surface area contributed by atoms with Crippen molar-refractivity contribution in [1.82, 2.24) is 0 Å². The van der Waals surface area contributed by atoms with Crippen molar-refractivity contribution in [1.29, 1.82) is 0 Å². The molecule has 0 saturated heterocycles. The molecule has 0 heterocycles. The smallest absolute Gasteiger partial charge is 0.179 e. The molecule has 6 rings (SSSR count). The third-order valence-electron chi connectivity index (χ3n) is 9.41. The lowest BCUT2D eigenvalue weighted by Crippen LogP contribution is -2.41. The van der Waals surface area contributed by atoms with Crippen LogP contribution in [0.3, 0.4) is 0 Å². The second kappa shape index (κ2) is 15.9. The first-order valence-electron chi connectivity index (χ1n) is 17.5. The van der Waals surface area contributed by atoms with E-state index in [-0.39, 0.29) is 0 Å². The average molecular weight is 631 g/mol. The summed E-state index contributed by atoms with van der Waals surface area (Å²) in [6.45, 7) is 4.49. The van der Waals surface area contributed by atoms with E-state index in [1.54, 1.807) is 0 Å². The third kappa shape index (κ3) is 6.65. The molecule has 242 valence electrons. The van der Waals surface area contributed by atoms with Crippen LogP contribution in [-0.4, -0.2) is 0 Å². The average Bonchev–Trinajstić information content (AvgIpc) is 3.17. The summed E-state index contributed by atoms with van der Waals surface area (Å²) in [7, 11) is 0. The summed E-state index contributed by atoms with van der Waals surface area (Å²) in [6, 6.07) is 59.7. The molecule has 0 amide bonds. The van der Waals surface area contributed by atoms with Crippen molar-refractivity contribution in [3.05, 3.63) is 214 Å². The maximum atomic E-state index is 7.40. The molecule has 0 radical (unpaired) electrons. The van der Waals surface area contributed by atoms with E-state index in [9.17, 15) is 0 Å². The van der Waals surface area contributed by atoms with Crippen molar-refractivity contribution in [3.8, 4) is 0 Å². The molecule has 0 aliphatic rings. The number of hydrogen-bond acceptors (Lipinski definition) is 2. The summed E-state index contributed by atoms with van der Waals surface area (Å²) in [5, 5.41) is 0. The first kappa shape index (κ1) is 33.2. The molecule has 0 atom stereocenters. The number of hydrogen-bond donors (Lipinski definition) is 0. The van der Waals surface area contributed by atoms with Crippen molar-refractivity contribution >= 4 is 0 Å². The molecule has 0 aliphatic carbocycles. The van der Waals surface area contributed by atoms with E-state index in [2.05, 4.69) is 184 Å². The monoisotopic (exact) mass is 630 g/mol. The van der Waals surface area contributed by atoms with Crippen LogP contribution in [0.25, 0.3) is 0 Å². The number of unbranched alkanes of at least 4 members (excludes halogenated alkanes) is 2. The zero-order valence-electron chi connectivity index (χ0n) is 28.2. The maximum Gasteiger partial charge on any atom is 0.179 e. The zero-order chi connectivity index (χ0) is 33.1. The van der Waals surface area contributed by atoms with E-state index < -0.39 is 11.2 Å². The van der Waals surface area contributed by atoms with E-state index in [0.717, 1.165) is 71.9 Å². The molecule has 6 aromatic carbocycles. The molecule has 0 bridgehead atoms. The molecule has 6 aromatic rings. The van der Waals surface area contributed by atoms with Crippen LogP contribution >= 0.6 is 0 Å². The molecule has 0 unspecified atom stereocenters. The van der Waals surface area contributed by atoms with Gasteiger partial charge >= 0.3 is 0 Å². The summed E-state index contributed by atoms with van der Waals surface area (Å²) >= 11 is 0. The Labute approximate surface area is 287 Å². The molecule has 0 aromatic heterocycles. The standard InChI is InChI=1S/C46H46O2/c1-3-5-23-37-25-19-21-35-43(37)45(39-27-11-7-12-28-39,40-29-13-8-14-30-40)47-48-46(41-31-15-9-16-32-41,42-33-17-10-18-34-42)44-36-22-20-26-38(44)24-6-4-2/h7-22,25-36H,3-6,23-24H2,1-2H3. The molecule has 0 fully saturated rings. The molecule has 0 aliphatic heterocycles. The van der Waals surface area contributed by atoms with Crippen molar-refractivity contribution in [2.45, 2.75) is 63.6 Å². The Balaban J connectivity index is 1.66. The third-order valence-corrected chi connectivity index (χ3v) is 9.41. The summed E-state index contributed by atoms with van der Waals surface area (Å²) < 4.78 is 0. The van der Waals surface area contributed by atoms with Crippen molar-refractivity contribution in [2.75, 3.05) is 0 Å². The van der Waals surface area contributed by atoms with Crippen molar-refractivity contribution in [3.63, 3.8) is 0 Å². The summed E-state index contributed by atoms with van der Waals surface area (Å²) in [5.41, 5.74) is 6.58. The summed E-state index contributed by atoms with van der Waals surface area (Å²) in [5.74, 6) is 0. The van der Waals surface area contributed by atoms with E-state index in [4.69, 9.17) is 9.78 Å². The first-order chi connectivity index (χ1) is 23.7. The predicted octanol–water partition coefficient (Wildman–Crippen LogP) is 11.6. The Bertz CT molecular complexity index is 1610. The topological polar surface area (TPSA) is 18.5 Å². The fraction of sp³-hybridized carbons (Fsp3) is 0.217. The van der Waals surface area contributed by atoms with Gasteiger partial charge in [-0.1, -0.05) is 197 Å². The highest BCUT2D eigenvalue weighted by molar-refractivity contribution is 5.52. The highest BCUT2D eigenvalue weighted by atomic mass is 17.2. The van der Waals surface area contributed by atoms with Gasteiger partial charge in [-0.3, -0.25) is 0 Å². The second-order valence-electron chi connectivity index (χ2n) is 12.5. The SMILES string of the molecule is CCCCc1ccccc1C(OOC(c1ccccc1)(c1ccccc1)c1ccccc1CCCC)(c1ccccc1)c1ccccc1. The molecule has 2 nitrogen and oxygen atoms in total. The van der Waals surface area contributed by atoms with Gasteiger partial charge in [0.1, 0.15) is 0 Å². The van der Waals surface area contributed by atoms with Gasteiger partial charge in [0, 0.05) is 0 Å².